The summed E-state index contributed by atoms with van der Waals surface area (Å²) >= 11 is 3.35. The molecule has 4 nitrogen and oxygen atoms in total. The first-order valence-electron chi connectivity index (χ1n) is 5.87. The predicted molar refractivity (Wildman–Crippen MR) is 77.5 cm³/mol. The van der Waals surface area contributed by atoms with Crippen LogP contribution in [0.4, 0.5) is 0 Å². The van der Waals surface area contributed by atoms with E-state index in [1.807, 2.05) is 19.9 Å². The van der Waals surface area contributed by atoms with Crippen LogP contribution in [-0.2, 0) is 7.05 Å². The minimum atomic E-state index is -0.991. The molecule has 2 rings (SSSR count). The van der Waals surface area contributed by atoms with Gasteiger partial charge in [0.05, 0.1) is 4.47 Å². The molecule has 0 bridgehead atoms. The van der Waals surface area contributed by atoms with Crippen LogP contribution < -0.4 is 0 Å². The molecule has 0 saturated carbocycles. The number of aromatic nitrogens is 2. The van der Waals surface area contributed by atoms with Crippen molar-refractivity contribution >= 4 is 21.9 Å². The fourth-order valence-corrected chi connectivity index (χ4v) is 2.84. The first kappa shape index (κ1) is 13.8. The third kappa shape index (κ3) is 2.30. The number of rotatable bonds is 2. The fraction of sp³-hybridized carbons (Fsp3) is 0.286. The zero-order valence-electron chi connectivity index (χ0n) is 11.3. The van der Waals surface area contributed by atoms with Gasteiger partial charge in [-0.2, -0.15) is 5.10 Å². The van der Waals surface area contributed by atoms with Crippen LogP contribution in [0.1, 0.15) is 27.2 Å². The molecule has 0 saturated heterocycles. The lowest BCUT2D eigenvalue weighted by Crippen LogP contribution is -2.05. The minimum Gasteiger partial charge on any atom is -0.476 e. The van der Waals surface area contributed by atoms with Gasteiger partial charge in [0.25, 0.3) is 0 Å². The number of benzene rings is 1. The molecule has 0 aliphatic heterocycles. The van der Waals surface area contributed by atoms with Crippen molar-refractivity contribution < 1.29 is 9.90 Å². The molecule has 0 unspecified atom stereocenters. The highest BCUT2D eigenvalue weighted by atomic mass is 79.9. The van der Waals surface area contributed by atoms with Crippen LogP contribution in [0.5, 0.6) is 0 Å². The molecule has 0 fully saturated rings. The smallest absolute Gasteiger partial charge is 0.355 e. The predicted octanol–water partition coefficient (Wildman–Crippen LogP) is 3.47. The summed E-state index contributed by atoms with van der Waals surface area (Å²) in [4.78, 5) is 11.2. The molecule has 1 aromatic heterocycles. The normalized spacial score (nSPS) is 10.8. The van der Waals surface area contributed by atoms with Crippen LogP contribution in [-0.4, -0.2) is 20.9 Å². The molecule has 0 aliphatic carbocycles. The largest absolute Gasteiger partial charge is 0.476 e. The van der Waals surface area contributed by atoms with Gasteiger partial charge in [0, 0.05) is 12.6 Å². The van der Waals surface area contributed by atoms with Crippen molar-refractivity contribution in [2.75, 3.05) is 0 Å². The second kappa shape index (κ2) is 4.81. The van der Waals surface area contributed by atoms with Crippen molar-refractivity contribution in [2.24, 2.45) is 7.05 Å². The number of aromatic carboxylic acids is 1. The molecule has 0 radical (unpaired) electrons. The van der Waals surface area contributed by atoms with Crippen molar-refractivity contribution in [3.63, 3.8) is 0 Å². The first-order chi connectivity index (χ1) is 8.82. The third-order valence-electron chi connectivity index (χ3n) is 3.29. The summed E-state index contributed by atoms with van der Waals surface area (Å²) in [5.41, 5.74) is 5.24. The summed E-state index contributed by atoms with van der Waals surface area (Å²) in [6, 6.07) is 4.13. The molecule has 19 heavy (non-hydrogen) atoms. The first-order valence-corrected chi connectivity index (χ1v) is 6.66. The molecule has 5 heteroatoms. The van der Waals surface area contributed by atoms with E-state index in [0.717, 1.165) is 16.7 Å². The Balaban J connectivity index is 2.70. The van der Waals surface area contributed by atoms with Crippen LogP contribution in [0.25, 0.3) is 11.3 Å². The van der Waals surface area contributed by atoms with Gasteiger partial charge in [-0.05, 0) is 59.5 Å². The van der Waals surface area contributed by atoms with Crippen molar-refractivity contribution in [2.45, 2.75) is 20.8 Å². The highest BCUT2D eigenvalue weighted by Gasteiger charge is 2.21. The SMILES string of the molecule is Cc1cc(C)c(-c2nn(C)c(C(=O)O)c2Br)cc1C. The molecule has 0 aliphatic rings. The lowest BCUT2D eigenvalue weighted by atomic mass is 9.99. The number of hydrogen-bond acceptors (Lipinski definition) is 2. The molecule has 2 aromatic rings. The van der Waals surface area contributed by atoms with Crippen molar-refractivity contribution in [1.29, 1.82) is 0 Å². The van der Waals surface area contributed by atoms with Crippen molar-refractivity contribution in [3.05, 3.63) is 39.0 Å². The molecule has 1 aromatic carbocycles. The molecule has 0 spiro atoms. The van der Waals surface area contributed by atoms with Crippen LogP contribution in [0.3, 0.4) is 0 Å². The summed E-state index contributed by atoms with van der Waals surface area (Å²) in [5.74, 6) is -0.991. The maximum absolute atomic E-state index is 11.2. The Morgan fingerprint density at radius 3 is 2.32 bits per heavy atom. The standard InChI is InChI=1S/C14H15BrN2O2/c1-7-5-9(3)10(6-8(7)2)12-11(15)13(14(18)19)17(4)16-12/h5-6H,1-4H3,(H,18,19). The molecule has 1 N–H and O–H groups in total. The average molecular weight is 323 g/mol. The Hall–Kier alpha value is -1.62. The van der Waals surface area contributed by atoms with E-state index >= 15 is 0 Å². The zero-order chi connectivity index (χ0) is 14.3. The van der Waals surface area contributed by atoms with E-state index in [0.29, 0.717) is 10.2 Å². The Labute approximate surface area is 120 Å². The lowest BCUT2D eigenvalue weighted by Gasteiger charge is -2.08. The van der Waals surface area contributed by atoms with E-state index in [1.165, 1.54) is 10.2 Å². The number of halogens is 1. The lowest BCUT2D eigenvalue weighted by molar-refractivity contribution is 0.0684. The van der Waals surface area contributed by atoms with Gasteiger partial charge in [0.1, 0.15) is 5.69 Å². The van der Waals surface area contributed by atoms with Gasteiger partial charge >= 0.3 is 5.97 Å². The van der Waals surface area contributed by atoms with Crippen LogP contribution in [0.2, 0.25) is 0 Å². The quantitative estimate of drug-likeness (QED) is 0.921. The number of carboxylic acids is 1. The summed E-state index contributed by atoms with van der Waals surface area (Å²) in [7, 11) is 1.63. The van der Waals surface area contributed by atoms with Gasteiger partial charge in [-0.3, -0.25) is 4.68 Å². The van der Waals surface area contributed by atoms with Gasteiger partial charge in [-0.15, -0.1) is 0 Å². The second-order valence-corrected chi connectivity index (χ2v) is 5.48. The summed E-state index contributed by atoms with van der Waals surface area (Å²) < 4.78 is 1.91. The molecular weight excluding hydrogens is 308 g/mol. The number of hydrogen-bond donors (Lipinski definition) is 1. The Kier molecular flexibility index (Phi) is 3.49. The summed E-state index contributed by atoms with van der Waals surface area (Å²) in [6.07, 6.45) is 0. The number of nitrogens with zero attached hydrogens (tertiary/aromatic N) is 2. The van der Waals surface area contributed by atoms with E-state index in [4.69, 9.17) is 0 Å². The van der Waals surface area contributed by atoms with Crippen molar-refractivity contribution in [3.8, 4) is 11.3 Å². The average Bonchev–Trinajstić information content (AvgIpc) is 2.59. The highest BCUT2D eigenvalue weighted by Crippen LogP contribution is 2.33. The van der Waals surface area contributed by atoms with Gasteiger partial charge in [-0.25, -0.2) is 4.79 Å². The number of carboxylic acid groups (broad SMARTS) is 1. The number of carbonyl (C=O) groups is 1. The van der Waals surface area contributed by atoms with E-state index in [-0.39, 0.29) is 5.69 Å². The Morgan fingerprint density at radius 1 is 1.21 bits per heavy atom. The minimum absolute atomic E-state index is 0.160. The molecule has 0 amide bonds. The van der Waals surface area contributed by atoms with Gasteiger partial charge < -0.3 is 5.11 Å². The van der Waals surface area contributed by atoms with Gasteiger partial charge in [0.15, 0.2) is 5.69 Å². The second-order valence-electron chi connectivity index (χ2n) is 4.69. The van der Waals surface area contributed by atoms with E-state index in [1.54, 1.807) is 7.05 Å². The van der Waals surface area contributed by atoms with E-state index < -0.39 is 5.97 Å². The van der Waals surface area contributed by atoms with E-state index in [2.05, 4.69) is 34.0 Å². The van der Waals surface area contributed by atoms with E-state index in [9.17, 15) is 9.90 Å². The van der Waals surface area contributed by atoms with Crippen LogP contribution in [0, 0.1) is 20.8 Å². The monoisotopic (exact) mass is 322 g/mol. The maximum Gasteiger partial charge on any atom is 0.355 e. The molecule has 0 atom stereocenters. The Bertz CT molecular complexity index is 675. The van der Waals surface area contributed by atoms with Crippen molar-refractivity contribution in [1.82, 2.24) is 9.78 Å². The fourth-order valence-electron chi connectivity index (χ4n) is 2.12. The summed E-state index contributed by atoms with van der Waals surface area (Å²) in [5, 5.41) is 13.5. The summed E-state index contributed by atoms with van der Waals surface area (Å²) in [6.45, 7) is 6.10. The Morgan fingerprint density at radius 2 is 1.79 bits per heavy atom. The molecule has 100 valence electrons. The highest BCUT2D eigenvalue weighted by molar-refractivity contribution is 9.10. The van der Waals surface area contributed by atoms with Gasteiger partial charge in [-0.1, -0.05) is 6.07 Å². The third-order valence-corrected chi connectivity index (χ3v) is 4.04. The molecule has 1 heterocycles. The van der Waals surface area contributed by atoms with Crippen LogP contribution >= 0.6 is 15.9 Å². The van der Waals surface area contributed by atoms with Crippen LogP contribution in [0.15, 0.2) is 16.6 Å². The maximum atomic E-state index is 11.2. The number of aryl methyl sites for hydroxylation is 4. The topological polar surface area (TPSA) is 55.1 Å². The molecular formula is C14H15BrN2O2. The zero-order valence-corrected chi connectivity index (χ0v) is 12.9. The van der Waals surface area contributed by atoms with Gasteiger partial charge in [0.2, 0.25) is 0 Å².